The van der Waals surface area contributed by atoms with Gasteiger partial charge in [-0.1, -0.05) is 11.6 Å². The van der Waals surface area contributed by atoms with E-state index >= 15 is 0 Å². The van der Waals surface area contributed by atoms with Gasteiger partial charge in [0.15, 0.2) is 23.6 Å². The predicted molar refractivity (Wildman–Crippen MR) is 128 cm³/mol. The number of aliphatic hydroxyl groups excluding tert-OH is 1. The lowest BCUT2D eigenvalue weighted by Crippen LogP contribution is -2.37. The molecule has 204 valence electrons. The lowest BCUT2D eigenvalue weighted by Gasteiger charge is -2.15. The van der Waals surface area contributed by atoms with Gasteiger partial charge in [-0.25, -0.2) is 28.5 Å². The van der Waals surface area contributed by atoms with E-state index in [1.54, 1.807) is 0 Å². The molecule has 1 saturated carbocycles. The zero-order valence-electron chi connectivity index (χ0n) is 19.8. The Balaban J connectivity index is 1.44. The van der Waals surface area contributed by atoms with Gasteiger partial charge in [-0.05, 0) is 36.4 Å². The largest absolute Gasteiger partial charge is 0.416 e. The number of amides is 1. The van der Waals surface area contributed by atoms with Crippen LogP contribution in [0, 0.1) is 0 Å². The van der Waals surface area contributed by atoms with Crippen molar-refractivity contribution in [2.45, 2.75) is 44.0 Å². The summed E-state index contributed by atoms with van der Waals surface area (Å²) in [6.07, 6.45) is -5.99. The summed E-state index contributed by atoms with van der Waals surface area (Å²) in [6.45, 7) is -1.43. The van der Waals surface area contributed by atoms with Gasteiger partial charge < -0.3 is 10.4 Å². The molecule has 39 heavy (non-hydrogen) atoms. The quantitative estimate of drug-likeness (QED) is 0.312. The lowest BCUT2D eigenvalue weighted by molar-refractivity contribution is -0.207. The highest BCUT2D eigenvalue weighted by atomic mass is 35.5. The molecule has 1 aliphatic rings. The maximum atomic E-state index is 13.2. The molecule has 3 heterocycles. The molecule has 1 unspecified atom stereocenters. The van der Waals surface area contributed by atoms with Crippen molar-refractivity contribution in [3.05, 3.63) is 75.8 Å². The third-order valence-electron chi connectivity index (χ3n) is 5.87. The Morgan fingerprint density at radius 3 is 2.56 bits per heavy atom. The van der Waals surface area contributed by atoms with Crippen LogP contribution in [0.5, 0.6) is 0 Å². The summed E-state index contributed by atoms with van der Waals surface area (Å²) in [6, 6.07) is 8.33. The Kier molecular flexibility index (Phi) is 6.94. The number of aromatic nitrogens is 7. The van der Waals surface area contributed by atoms with E-state index in [-0.39, 0.29) is 36.0 Å². The lowest BCUT2D eigenvalue weighted by atomic mass is 10.2. The molecule has 0 saturated heterocycles. The molecule has 0 radical (unpaired) electrons. The van der Waals surface area contributed by atoms with Crippen LogP contribution < -0.4 is 11.0 Å². The van der Waals surface area contributed by atoms with Gasteiger partial charge >= 0.3 is 11.9 Å². The number of carbonyl (C=O) groups is 1. The first kappa shape index (κ1) is 26.5. The van der Waals surface area contributed by atoms with Crippen molar-refractivity contribution in [3.8, 4) is 17.2 Å². The molecule has 1 fully saturated rings. The van der Waals surface area contributed by atoms with Gasteiger partial charge in [-0.15, -0.1) is 10.2 Å². The second-order valence-electron chi connectivity index (χ2n) is 8.75. The number of rotatable bonds is 8. The summed E-state index contributed by atoms with van der Waals surface area (Å²) >= 11 is 5.90. The number of aliphatic hydroxyl groups is 1. The van der Waals surface area contributed by atoms with E-state index in [1.807, 2.05) is 0 Å². The molecule has 3 atom stereocenters. The molecule has 0 bridgehead atoms. The fourth-order valence-electron chi connectivity index (χ4n) is 3.72. The first-order valence-corrected chi connectivity index (χ1v) is 11.9. The molecule has 4 aromatic rings. The van der Waals surface area contributed by atoms with Gasteiger partial charge in [0, 0.05) is 23.2 Å². The van der Waals surface area contributed by atoms with Crippen LogP contribution in [0.25, 0.3) is 17.2 Å². The zero-order chi connectivity index (χ0) is 27.9. The smallest absolute Gasteiger partial charge is 0.382 e. The van der Waals surface area contributed by atoms with Gasteiger partial charge in [-0.3, -0.25) is 9.36 Å². The number of hydrogen-bond acceptors (Lipinski definition) is 7. The normalized spacial score (nSPS) is 17.7. The summed E-state index contributed by atoms with van der Waals surface area (Å²) < 4.78 is 55.2. The molecule has 3 aromatic heterocycles. The maximum absolute atomic E-state index is 13.2. The van der Waals surface area contributed by atoms with Crippen LogP contribution >= 0.6 is 11.6 Å². The van der Waals surface area contributed by atoms with E-state index in [1.165, 1.54) is 53.6 Å². The zero-order valence-corrected chi connectivity index (χ0v) is 20.5. The Bertz CT molecular complexity index is 1570. The highest BCUT2D eigenvalue weighted by Crippen LogP contribution is 2.26. The minimum atomic E-state index is -4.96. The first-order valence-electron chi connectivity index (χ1n) is 11.5. The Morgan fingerprint density at radius 2 is 1.90 bits per heavy atom. The second-order valence-corrected chi connectivity index (χ2v) is 9.19. The van der Waals surface area contributed by atoms with Crippen LogP contribution in [0.15, 0.2) is 53.7 Å². The highest BCUT2D eigenvalue weighted by molar-refractivity contribution is 6.30. The van der Waals surface area contributed by atoms with Gasteiger partial charge in [0.25, 0.3) is 5.91 Å². The van der Waals surface area contributed by atoms with E-state index in [0.717, 1.165) is 4.68 Å². The molecule has 1 aromatic carbocycles. The molecule has 2 N–H and O–H groups in total. The number of hydrogen-bond donors (Lipinski definition) is 2. The van der Waals surface area contributed by atoms with Crippen molar-refractivity contribution < 1.29 is 27.5 Å². The molecule has 16 heteroatoms. The SMILES string of the molecule is O=C(N[C@H]1CC1F)c1cccnc1-n1cnc(Cn2nc(-c3ccc(Cl)cc3)n(C[C@H](O)C(F)(F)F)c2=O)n1. The minimum Gasteiger partial charge on any atom is -0.382 e. The number of alkyl halides is 4. The summed E-state index contributed by atoms with van der Waals surface area (Å²) in [5.74, 6) is -0.554. The molecule has 11 nitrogen and oxygen atoms in total. The molecular weight excluding hydrogens is 548 g/mol. The summed E-state index contributed by atoms with van der Waals surface area (Å²) in [5, 5.41) is 20.9. The summed E-state index contributed by atoms with van der Waals surface area (Å²) in [4.78, 5) is 33.9. The van der Waals surface area contributed by atoms with Crippen molar-refractivity contribution in [2.24, 2.45) is 0 Å². The van der Waals surface area contributed by atoms with Crippen molar-refractivity contribution in [1.29, 1.82) is 0 Å². The molecule has 0 aliphatic heterocycles. The van der Waals surface area contributed by atoms with Crippen LogP contribution in [0.3, 0.4) is 0 Å². The van der Waals surface area contributed by atoms with Crippen LogP contribution in [-0.2, 0) is 13.1 Å². The average molecular weight is 567 g/mol. The molecule has 0 spiro atoms. The van der Waals surface area contributed by atoms with Crippen molar-refractivity contribution in [1.82, 2.24) is 39.4 Å². The van der Waals surface area contributed by atoms with Crippen LogP contribution in [0.1, 0.15) is 22.6 Å². The number of nitrogens with one attached hydrogen (secondary N) is 1. The van der Waals surface area contributed by atoms with Gasteiger partial charge in [0.2, 0.25) is 0 Å². The fraction of sp³-hybridized carbons (Fsp3) is 0.304. The van der Waals surface area contributed by atoms with Gasteiger partial charge in [-0.2, -0.15) is 13.2 Å². The average Bonchev–Trinajstić information content (AvgIpc) is 3.26. The Hall–Kier alpha value is -4.11. The van der Waals surface area contributed by atoms with Crippen molar-refractivity contribution in [3.63, 3.8) is 0 Å². The minimum absolute atomic E-state index is 0.0313. The third-order valence-corrected chi connectivity index (χ3v) is 6.12. The number of nitrogens with zero attached hydrogens (tertiary/aromatic N) is 7. The Labute approximate surface area is 221 Å². The van der Waals surface area contributed by atoms with Crippen LogP contribution in [0.2, 0.25) is 5.02 Å². The highest BCUT2D eigenvalue weighted by Gasteiger charge is 2.40. The standard InChI is InChI=1S/C23H19ClF4N8O3/c24-13-5-3-12(4-6-13)19-33-35(22(39)34(19)9-17(37)23(26,27)28)10-18-30-11-36(32-18)20-14(2-1-7-29-20)21(38)31-16-8-15(16)25/h1-7,11,15-17,37H,8-10H2,(H,31,38)/t15?,16-,17-/m0/s1. The number of pyridine rings is 1. The topological polar surface area (TPSA) is 133 Å². The van der Waals surface area contributed by atoms with Crippen molar-refractivity contribution >= 4 is 17.5 Å². The summed E-state index contributed by atoms with van der Waals surface area (Å²) in [7, 11) is 0. The number of benzene rings is 1. The van der Waals surface area contributed by atoms with E-state index < -0.39 is 42.6 Å². The molecular formula is C23H19ClF4N8O3. The third kappa shape index (κ3) is 5.68. The number of carbonyl (C=O) groups excluding carboxylic acids is 1. The molecule has 1 aliphatic carbocycles. The van der Waals surface area contributed by atoms with Crippen LogP contribution in [-0.4, -0.2) is 69.6 Å². The van der Waals surface area contributed by atoms with Crippen molar-refractivity contribution in [2.75, 3.05) is 0 Å². The Morgan fingerprint density at radius 1 is 1.18 bits per heavy atom. The first-order chi connectivity index (χ1) is 18.5. The predicted octanol–water partition coefficient (Wildman–Crippen LogP) is 2.15. The molecule has 1 amide bonds. The maximum Gasteiger partial charge on any atom is 0.416 e. The fourth-order valence-corrected chi connectivity index (χ4v) is 3.85. The second kappa shape index (κ2) is 10.2. The monoisotopic (exact) mass is 566 g/mol. The van der Waals surface area contributed by atoms with E-state index in [2.05, 4.69) is 25.5 Å². The van der Waals surface area contributed by atoms with E-state index in [4.69, 9.17) is 11.6 Å². The van der Waals surface area contributed by atoms with Gasteiger partial charge in [0.1, 0.15) is 19.0 Å². The van der Waals surface area contributed by atoms with E-state index in [9.17, 15) is 32.3 Å². The van der Waals surface area contributed by atoms with Crippen LogP contribution in [0.4, 0.5) is 17.6 Å². The van der Waals surface area contributed by atoms with E-state index in [0.29, 0.717) is 15.2 Å². The van der Waals surface area contributed by atoms with Gasteiger partial charge in [0.05, 0.1) is 18.2 Å². The summed E-state index contributed by atoms with van der Waals surface area (Å²) in [5.41, 5.74) is -0.540. The number of halogens is 5. The molecule has 5 rings (SSSR count).